The second-order valence-corrected chi connectivity index (χ2v) is 6.17. The van der Waals surface area contributed by atoms with Gasteiger partial charge in [0.1, 0.15) is 0 Å². The largest absolute Gasteiger partial charge is 0.392 e. The maximum atomic E-state index is 12.2. The van der Waals surface area contributed by atoms with Crippen LogP contribution in [0.1, 0.15) is 32.8 Å². The van der Waals surface area contributed by atoms with Gasteiger partial charge in [-0.1, -0.05) is 44.2 Å². The molecule has 2 rings (SSSR count). The number of amides is 1. The lowest BCUT2D eigenvalue weighted by Gasteiger charge is -2.33. The van der Waals surface area contributed by atoms with Crippen molar-refractivity contribution in [3.05, 3.63) is 35.9 Å². The van der Waals surface area contributed by atoms with Crippen molar-refractivity contribution in [1.29, 1.82) is 0 Å². The molecule has 0 saturated carbocycles. The maximum absolute atomic E-state index is 12.2. The van der Waals surface area contributed by atoms with E-state index in [0.29, 0.717) is 13.0 Å². The molecule has 0 aromatic heterocycles. The average molecular weight is 313 g/mol. The third kappa shape index (κ3) is 4.19. The van der Waals surface area contributed by atoms with E-state index in [2.05, 4.69) is 36.6 Å². The van der Waals surface area contributed by atoms with Crippen molar-refractivity contribution in [1.82, 2.24) is 10.6 Å². The van der Waals surface area contributed by atoms with Crippen LogP contribution in [0.15, 0.2) is 30.3 Å². The van der Waals surface area contributed by atoms with Crippen LogP contribution >= 0.6 is 12.4 Å². The van der Waals surface area contributed by atoms with Crippen LogP contribution in [0.4, 0.5) is 0 Å². The Bertz CT molecular complexity index is 465. The molecular formula is C16H25ClN2O2. The van der Waals surface area contributed by atoms with Crippen molar-refractivity contribution in [2.75, 3.05) is 6.54 Å². The average Bonchev–Trinajstić information content (AvgIpc) is 2.86. The number of rotatable bonds is 4. The van der Waals surface area contributed by atoms with Gasteiger partial charge in [0.05, 0.1) is 12.1 Å². The molecule has 4 nitrogen and oxygen atoms in total. The van der Waals surface area contributed by atoms with Gasteiger partial charge in [0.15, 0.2) is 0 Å². The molecule has 1 aromatic rings. The van der Waals surface area contributed by atoms with Crippen LogP contribution in [0.5, 0.6) is 0 Å². The van der Waals surface area contributed by atoms with Crippen LogP contribution < -0.4 is 10.6 Å². The normalized spacial score (nSPS) is 23.2. The Morgan fingerprint density at radius 1 is 1.38 bits per heavy atom. The number of aliphatic hydroxyl groups is 1. The van der Waals surface area contributed by atoms with E-state index in [-0.39, 0.29) is 35.8 Å². The smallest absolute Gasteiger partial charge is 0.237 e. The van der Waals surface area contributed by atoms with E-state index in [1.807, 2.05) is 25.1 Å². The van der Waals surface area contributed by atoms with Gasteiger partial charge in [0.2, 0.25) is 5.91 Å². The first-order chi connectivity index (χ1) is 9.41. The van der Waals surface area contributed by atoms with Crippen LogP contribution in [0, 0.1) is 0 Å². The standard InChI is InChI=1S/C16H24N2O2.ClH/c1-11(16(2,3)12-7-5-4-6-8-12)18-15(20)14-9-13(19)10-17-14;/h4-8,11,13-14,17,19H,9-10H2,1-3H3,(H,18,20);1H. The number of β-amino-alcohol motifs (C(OH)–C–C–N with tert-alkyl or cyclic N) is 1. The van der Waals surface area contributed by atoms with Crippen LogP contribution in [-0.4, -0.2) is 35.7 Å². The number of carbonyl (C=O) groups is 1. The highest BCUT2D eigenvalue weighted by Crippen LogP contribution is 2.27. The van der Waals surface area contributed by atoms with Crippen molar-refractivity contribution < 1.29 is 9.90 Å². The van der Waals surface area contributed by atoms with Gasteiger partial charge in [0.25, 0.3) is 0 Å². The highest BCUT2D eigenvalue weighted by Gasteiger charge is 2.33. The van der Waals surface area contributed by atoms with Gasteiger partial charge in [0, 0.05) is 18.0 Å². The second kappa shape index (κ2) is 7.25. The predicted octanol–water partition coefficient (Wildman–Crippen LogP) is 1.61. The Balaban J connectivity index is 0.00000220. The van der Waals surface area contributed by atoms with E-state index < -0.39 is 6.10 Å². The lowest BCUT2D eigenvalue weighted by atomic mass is 9.78. The molecule has 3 N–H and O–H groups in total. The van der Waals surface area contributed by atoms with Gasteiger partial charge in [-0.05, 0) is 18.9 Å². The first-order valence-electron chi connectivity index (χ1n) is 7.18. The van der Waals surface area contributed by atoms with Crippen molar-refractivity contribution in [2.45, 2.75) is 50.8 Å². The highest BCUT2D eigenvalue weighted by atomic mass is 35.5. The SMILES string of the molecule is CC(NC(=O)C1CC(O)CN1)C(C)(C)c1ccccc1.Cl. The molecule has 1 amide bonds. The third-order valence-corrected chi connectivity index (χ3v) is 4.38. The molecule has 1 aliphatic rings. The molecule has 0 aliphatic carbocycles. The van der Waals surface area contributed by atoms with Crippen molar-refractivity contribution in [2.24, 2.45) is 0 Å². The minimum atomic E-state index is -0.414. The summed E-state index contributed by atoms with van der Waals surface area (Å²) in [5.41, 5.74) is 1.06. The summed E-state index contributed by atoms with van der Waals surface area (Å²) in [6.07, 6.45) is 0.0767. The molecule has 1 heterocycles. The summed E-state index contributed by atoms with van der Waals surface area (Å²) in [6.45, 7) is 6.78. The molecule has 1 aliphatic heterocycles. The molecule has 21 heavy (non-hydrogen) atoms. The first kappa shape index (κ1) is 18.0. The van der Waals surface area contributed by atoms with Crippen LogP contribution in [0.25, 0.3) is 0 Å². The van der Waals surface area contributed by atoms with E-state index in [1.165, 1.54) is 5.56 Å². The Kier molecular flexibility index (Phi) is 6.20. The quantitative estimate of drug-likeness (QED) is 0.791. The molecule has 0 bridgehead atoms. The molecule has 3 unspecified atom stereocenters. The van der Waals surface area contributed by atoms with E-state index in [1.54, 1.807) is 0 Å². The minimum Gasteiger partial charge on any atom is -0.392 e. The molecule has 5 heteroatoms. The summed E-state index contributed by atoms with van der Waals surface area (Å²) in [5.74, 6) is -0.0296. The minimum absolute atomic E-state index is 0. The molecule has 1 fully saturated rings. The molecule has 118 valence electrons. The number of carbonyl (C=O) groups excluding carboxylic acids is 1. The zero-order valence-corrected chi connectivity index (χ0v) is 13.6. The summed E-state index contributed by atoms with van der Waals surface area (Å²) >= 11 is 0. The molecule has 0 spiro atoms. The molecule has 1 saturated heterocycles. The maximum Gasteiger partial charge on any atom is 0.237 e. The van der Waals surface area contributed by atoms with Gasteiger partial charge in [-0.15, -0.1) is 12.4 Å². The topological polar surface area (TPSA) is 61.4 Å². The van der Waals surface area contributed by atoms with Crippen molar-refractivity contribution in [3.63, 3.8) is 0 Å². The van der Waals surface area contributed by atoms with Crippen LogP contribution in [-0.2, 0) is 10.2 Å². The Morgan fingerprint density at radius 3 is 2.52 bits per heavy atom. The second-order valence-electron chi connectivity index (χ2n) is 6.17. The molecule has 0 radical (unpaired) electrons. The molecule has 3 atom stereocenters. The van der Waals surface area contributed by atoms with E-state index in [4.69, 9.17) is 0 Å². The van der Waals surface area contributed by atoms with Crippen molar-refractivity contribution >= 4 is 18.3 Å². The number of hydrogen-bond acceptors (Lipinski definition) is 3. The number of halogens is 1. The van der Waals surface area contributed by atoms with Gasteiger partial charge >= 0.3 is 0 Å². The van der Waals surface area contributed by atoms with Gasteiger partial charge in [-0.2, -0.15) is 0 Å². The third-order valence-electron chi connectivity index (χ3n) is 4.38. The monoisotopic (exact) mass is 312 g/mol. The first-order valence-corrected chi connectivity index (χ1v) is 7.18. The van der Waals surface area contributed by atoms with Gasteiger partial charge in [-0.25, -0.2) is 0 Å². The lowest BCUT2D eigenvalue weighted by Crippen LogP contribution is -2.50. The summed E-state index contributed by atoms with van der Waals surface area (Å²) in [7, 11) is 0. The fourth-order valence-corrected chi connectivity index (χ4v) is 2.53. The highest BCUT2D eigenvalue weighted by molar-refractivity contribution is 5.85. The summed E-state index contributed by atoms with van der Waals surface area (Å²) in [4.78, 5) is 12.2. The number of nitrogens with one attached hydrogen (secondary N) is 2. The lowest BCUT2D eigenvalue weighted by molar-refractivity contribution is -0.124. The van der Waals surface area contributed by atoms with E-state index >= 15 is 0 Å². The summed E-state index contributed by atoms with van der Waals surface area (Å²) in [6, 6.07) is 9.92. The predicted molar refractivity (Wildman–Crippen MR) is 86.7 cm³/mol. The number of aliphatic hydroxyl groups excluding tert-OH is 1. The van der Waals surface area contributed by atoms with Gasteiger partial charge < -0.3 is 15.7 Å². The summed E-state index contributed by atoms with van der Waals surface area (Å²) < 4.78 is 0. The number of hydrogen-bond donors (Lipinski definition) is 3. The van der Waals surface area contributed by atoms with E-state index in [0.717, 1.165) is 0 Å². The molecule has 1 aromatic carbocycles. The fraction of sp³-hybridized carbons (Fsp3) is 0.562. The van der Waals surface area contributed by atoms with Crippen molar-refractivity contribution in [3.8, 4) is 0 Å². The van der Waals surface area contributed by atoms with Crippen LogP contribution in [0.3, 0.4) is 0 Å². The Morgan fingerprint density at radius 2 is 2.00 bits per heavy atom. The Labute approximate surface area is 132 Å². The number of benzene rings is 1. The molecular weight excluding hydrogens is 288 g/mol. The van der Waals surface area contributed by atoms with Crippen LogP contribution in [0.2, 0.25) is 0 Å². The zero-order valence-electron chi connectivity index (χ0n) is 12.8. The zero-order chi connectivity index (χ0) is 14.8. The summed E-state index contributed by atoms with van der Waals surface area (Å²) in [5, 5.41) is 15.6. The van der Waals surface area contributed by atoms with E-state index in [9.17, 15) is 9.90 Å². The van der Waals surface area contributed by atoms with Gasteiger partial charge in [-0.3, -0.25) is 4.79 Å². The fourth-order valence-electron chi connectivity index (χ4n) is 2.53. The Hall–Kier alpha value is -1.10.